The monoisotopic (exact) mass is 368 g/mol. The summed E-state index contributed by atoms with van der Waals surface area (Å²) in [5.74, 6) is 1.27. The third kappa shape index (κ3) is 3.61. The molecule has 1 amide bonds. The standard InChI is InChI=1S/C22H28N2O3/c1-15-12-19(26-3)16(2)11-17(15)14-24-8-6-22(7-9-24)13-20(22)23-21(25)18-5-4-10-27-18/h4-5,10-12,20H,6-9,13-14H2,1-3H3,(H,23,25). The van der Waals surface area contributed by atoms with E-state index < -0.39 is 0 Å². The Bertz CT molecular complexity index is 820. The molecule has 1 aromatic heterocycles. The van der Waals surface area contributed by atoms with E-state index in [0.717, 1.165) is 44.6 Å². The fourth-order valence-electron chi connectivity index (χ4n) is 4.38. The van der Waals surface area contributed by atoms with Crippen LogP contribution in [0.1, 0.15) is 46.5 Å². The Balaban J connectivity index is 1.31. The number of nitrogens with zero attached hydrogens (tertiary/aromatic N) is 1. The van der Waals surface area contributed by atoms with E-state index in [-0.39, 0.29) is 5.91 Å². The first-order valence-electron chi connectivity index (χ1n) is 9.71. The smallest absolute Gasteiger partial charge is 0.287 e. The fraction of sp³-hybridized carbons (Fsp3) is 0.500. The second-order valence-corrected chi connectivity index (χ2v) is 8.09. The van der Waals surface area contributed by atoms with Gasteiger partial charge in [-0.2, -0.15) is 0 Å². The number of piperidine rings is 1. The summed E-state index contributed by atoms with van der Waals surface area (Å²) < 4.78 is 10.6. The van der Waals surface area contributed by atoms with E-state index in [0.29, 0.717) is 17.2 Å². The molecule has 4 rings (SSSR count). The minimum absolute atomic E-state index is 0.0892. The van der Waals surface area contributed by atoms with E-state index in [2.05, 4.69) is 36.2 Å². The number of furan rings is 1. The van der Waals surface area contributed by atoms with Crippen molar-refractivity contribution in [1.29, 1.82) is 0 Å². The number of carbonyl (C=O) groups excluding carboxylic acids is 1. The summed E-state index contributed by atoms with van der Waals surface area (Å²) in [6.07, 6.45) is 4.92. The molecule has 2 heterocycles. The van der Waals surface area contributed by atoms with Crippen LogP contribution in [0.25, 0.3) is 0 Å². The number of amides is 1. The van der Waals surface area contributed by atoms with Crippen molar-refractivity contribution in [3.05, 3.63) is 53.0 Å². The van der Waals surface area contributed by atoms with Crippen LogP contribution in [0.5, 0.6) is 5.75 Å². The van der Waals surface area contributed by atoms with Crippen LogP contribution in [0.3, 0.4) is 0 Å². The van der Waals surface area contributed by atoms with Crippen LogP contribution in [0, 0.1) is 19.3 Å². The van der Waals surface area contributed by atoms with Crippen molar-refractivity contribution in [2.45, 2.75) is 45.7 Å². The van der Waals surface area contributed by atoms with Crippen molar-refractivity contribution < 1.29 is 13.9 Å². The van der Waals surface area contributed by atoms with Crippen LogP contribution in [0.15, 0.2) is 34.9 Å². The molecule has 1 saturated heterocycles. The Labute approximate surface area is 160 Å². The number of nitrogens with one attached hydrogen (secondary N) is 1. The lowest BCUT2D eigenvalue weighted by atomic mass is 9.92. The first kappa shape index (κ1) is 18.1. The Morgan fingerprint density at radius 2 is 2.07 bits per heavy atom. The molecule has 1 aliphatic carbocycles. The first-order valence-corrected chi connectivity index (χ1v) is 9.71. The van der Waals surface area contributed by atoms with Gasteiger partial charge in [0.1, 0.15) is 5.75 Å². The molecule has 2 aliphatic rings. The lowest BCUT2D eigenvalue weighted by molar-refractivity contribution is 0.0906. The van der Waals surface area contributed by atoms with Gasteiger partial charge in [-0.05, 0) is 86.5 Å². The van der Waals surface area contributed by atoms with Crippen LogP contribution in [0.2, 0.25) is 0 Å². The molecule has 1 saturated carbocycles. The average molecular weight is 368 g/mol. The molecule has 1 aliphatic heterocycles. The Morgan fingerprint density at radius 1 is 1.30 bits per heavy atom. The zero-order valence-corrected chi connectivity index (χ0v) is 16.4. The summed E-state index contributed by atoms with van der Waals surface area (Å²) in [5.41, 5.74) is 4.15. The highest BCUT2D eigenvalue weighted by Crippen LogP contribution is 2.54. The van der Waals surface area contributed by atoms with Gasteiger partial charge in [-0.1, -0.05) is 6.07 Å². The van der Waals surface area contributed by atoms with E-state index in [1.807, 2.05) is 0 Å². The van der Waals surface area contributed by atoms with Gasteiger partial charge in [0.15, 0.2) is 5.76 Å². The SMILES string of the molecule is COc1cc(C)c(CN2CCC3(CC2)CC3NC(=O)c2ccco2)cc1C. The second kappa shape index (κ2) is 7.04. The number of likely N-dealkylation sites (tertiary alicyclic amines) is 1. The maximum atomic E-state index is 12.2. The zero-order chi connectivity index (χ0) is 19.0. The molecule has 0 bridgehead atoms. The van der Waals surface area contributed by atoms with E-state index in [1.165, 1.54) is 16.7 Å². The van der Waals surface area contributed by atoms with Crippen LogP contribution in [-0.2, 0) is 6.54 Å². The van der Waals surface area contributed by atoms with Crippen molar-refractivity contribution >= 4 is 5.91 Å². The average Bonchev–Trinajstić information content (AvgIpc) is 3.08. The molecule has 1 N–H and O–H groups in total. The molecule has 1 spiro atoms. The molecule has 1 atom stereocenters. The molecule has 0 radical (unpaired) electrons. The highest BCUT2D eigenvalue weighted by molar-refractivity contribution is 5.91. The van der Waals surface area contributed by atoms with E-state index in [1.54, 1.807) is 25.5 Å². The minimum Gasteiger partial charge on any atom is -0.496 e. The number of aryl methyl sites for hydroxylation is 2. The number of carbonyl (C=O) groups is 1. The van der Waals surface area contributed by atoms with Crippen molar-refractivity contribution in [2.75, 3.05) is 20.2 Å². The number of ether oxygens (including phenoxy) is 1. The van der Waals surface area contributed by atoms with Crippen molar-refractivity contribution in [3.8, 4) is 5.75 Å². The molecule has 27 heavy (non-hydrogen) atoms. The normalized spacial score (nSPS) is 21.2. The fourth-order valence-corrected chi connectivity index (χ4v) is 4.38. The van der Waals surface area contributed by atoms with Crippen molar-refractivity contribution in [3.63, 3.8) is 0 Å². The van der Waals surface area contributed by atoms with E-state index in [9.17, 15) is 4.79 Å². The number of hydrogen-bond acceptors (Lipinski definition) is 4. The first-order chi connectivity index (χ1) is 13.0. The van der Waals surface area contributed by atoms with Gasteiger partial charge in [-0.25, -0.2) is 0 Å². The molecule has 1 unspecified atom stereocenters. The Hall–Kier alpha value is -2.27. The summed E-state index contributed by atoms with van der Waals surface area (Å²) in [6.45, 7) is 7.40. The molecule has 5 nitrogen and oxygen atoms in total. The summed E-state index contributed by atoms with van der Waals surface area (Å²) >= 11 is 0. The highest BCUT2D eigenvalue weighted by Gasteiger charge is 2.55. The highest BCUT2D eigenvalue weighted by atomic mass is 16.5. The van der Waals surface area contributed by atoms with Gasteiger partial charge >= 0.3 is 0 Å². The number of methoxy groups -OCH3 is 1. The molecule has 144 valence electrons. The van der Waals surface area contributed by atoms with Crippen LogP contribution in [-0.4, -0.2) is 37.0 Å². The van der Waals surface area contributed by atoms with Gasteiger partial charge < -0.3 is 14.5 Å². The zero-order valence-electron chi connectivity index (χ0n) is 16.4. The molecular formula is C22H28N2O3. The molecular weight excluding hydrogens is 340 g/mol. The topological polar surface area (TPSA) is 54.7 Å². The molecule has 2 aromatic rings. The lowest BCUT2D eigenvalue weighted by Crippen LogP contribution is -2.38. The number of rotatable bonds is 5. The third-order valence-corrected chi connectivity index (χ3v) is 6.34. The van der Waals surface area contributed by atoms with Gasteiger partial charge in [0.25, 0.3) is 5.91 Å². The third-order valence-electron chi connectivity index (χ3n) is 6.34. The molecule has 1 aromatic carbocycles. The van der Waals surface area contributed by atoms with Gasteiger partial charge in [-0.3, -0.25) is 9.69 Å². The number of benzene rings is 1. The van der Waals surface area contributed by atoms with E-state index >= 15 is 0 Å². The molecule has 2 fully saturated rings. The minimum atomic E-state index is -0.0892. The van der Waals surface area contributed by atoms with Crippen molar-refractivity contribution in [2.24, 2.45) is 5.41 Å². The largest absolute Gasteiger partial charge is 0.496 e. The summed E-state index contributed by atoms with van der Waals surface area (Å²) in [6, 6.07) is 8.15. The van der Waals surface area contributed by atoms with E-state index in [4.69, 9.17) is 9.15 Å². The van der Waals surface area contributed by atoms with Gasteiger partial charge in [0.2, 0.25) is 0 Å². The number of hydrogen-bond donors (Lipinski definition) is 1. The Morgan fingerprint density at radius 3 is 2.74 bits per heavy atom. The van der Waals surface area contributed by atoms with Gasteiger partial charge in [0.05, 0.1) is 13.4 Å². The maximum absolute atomic E-state index is 12.2. The van der Waals surface area contributed by atoms with Gasteiger partial charge in [-0.15, -0.1) is 0 Å². The summed E-state index contributed by atoms with van der Waals surface area (Å²) in [7, 11) is 1.72. The summed E-state index contributed by atoms with van der Waals surface area (Å²) in [4.78, 5) is 14.7. The van der Waals surface area contributed by atoms with Crippen molar-refractivity contribution in [1.82, 2.24) is 10.2 Å². The van der Waals surface area contributed by atoms with Gasteiger partial charge in [0, 0.05) is 12.6 Å². The predicted molar refractivity (Wildman–Crippen MR) is 104 cm³/mol. The van der Waals surface area contributed by atoms with Crippen LogP contribution >= 0.6 is 0 Å². The second-order valence-electron chi connectivity index (χ2n) is 8.09. The maximum Gasteiger partial charge on any atom is 0.287 e. The molecule has 5 heteroatoms. The van der Waals surface area contributed by atoms with Crippen LogP contribution in [0.4, 0.5) is 0 Å². The predicted octanol–water partition coefficient (Wildman–Crippen LogP) is 3.69. The summed E-state index contributed by atoms with van der Waals surface area (Å²) in [5, 5.41) is 3.15. The lowest BCUT2D eigenvalue weighted by Gasteiger charge is -2.33. The quantitative estimate of drug-likeness (QED) is 0.875. The van der Waals surface area contributed by atoms with Crippen LogP contribution < -0.4 is 10.1 Å². The Kier molecular flexibility index (Phi) is 4.72.